The Morgan fingerprint density at radius 3 is 2.07 bits per heavy atom. The SMILES string of the molecule is COC[C@H]1CN(C(=O)OC(C)(C)C)CCN1c1cc(F)c(-c2ccc(OCc3ccccc3)nc2OCc2ccccc2)c(F)c1. The van der Waals surface area contributed by atoms with Gasteiger partial charge >= 0.3 is 6.09 Å². The number of hydrogen-bond donors (Lipinski definition) is 0. The molecule has 0 radical (unpaired) electrons. The highest BCUT2D eigenvalue weighted by atomic mass is 19.1. The second-order valence-corrected chi connectivity index (χ2v) is 12.1. The standard InChI is InChI=1S/C36H39F2N3O5/c1-36(2,3)46-35(42)40-17-18-41(28(21-40)24-43-4)27-19-30(37)33(31(38)20-27)29-15-16-32(44-22-25-11-7-5-8-12-25)39-34(29)45-23-26-13-9-6-10-14-26/h5-16,19-20,28H,17-18,21-24H2,1-4H3/t28-/m1/s1. The van der Waals surface area contributed by atoms with Gasteiger partial charge in [-0.25, -0.2) is 13.6 Å². The van der Waals surface area contributed by atoms with Crippen molar-refractivity contribution in [3.8, 4) is 22.9 Å². The van der Waals surface area contributed by atoms with E-state index in [9.17, 15) is 4.79 Å². The Balaban J connectivity index is 1.41. The topological polar surface area (TPSA) is 73.4 Å². The first kappa shape index (κ1) is 32.7. The van der Waals surface area contributed by atoms with Gasteiger partial charge in [-0.3, -0.25) is 0 Å². The van der Waals surface area contributed by atoms with E-state index in [1.165, 1.54) is 12.1 Å². The monoisotopic (exact) mass is 631 g/mol. The number of nitrogens with zero attached hydrogens (tertiary/aromatic N) is 3. The zero-order valence-corrected chi connectivity index (χ0v) is 26.5. The molecule has 4 aromatic rings. The number of methoxy groups -OCH3 is 1. The molecule has 0 N–H and O–H groups in total. The number of halogens is 2. The van der Waals surface area contributed by atoms with Crippen LogP contribution < -0.4 is 14.4 Å². The van der Waals surface area contributed by atoms with Gasteiger partial charge in [0.1, 0.15) is 30.4 Å². The third-order valence-electron chi connectivity index (χ3n) is 7.40. The van der Waals surface area contributed by atoms with Gasteiger partial charge in [-0.2, -0.15) is 4.98 Å². The van der Waals surface area contributed by atoms with Crippen molar-refractivity contribution in [2.45, 2.75) is 45.6 Å². The first-order valence-electron chi connectivity index (χ1n) is 15.2. The van der Waals surface area contributed by atoms with E-state index >= 15 is 8.78 Å². The molecule has 0 spiro atoms. The molecule has 1 aliphatic rings. The number of benzene rings is 3. The molecule has 8 nitrogen and oxygen atoms in total. The molecule has 3 aromatic carbocycles. The molecule has 5 rings (SSSR count). The summed E-state index contributed by atoms with van der Waals surface area (Å²) in [4.78, 5) is 20.7. The lowest BCUT2D eigenvalue weighted by molar-refractivity contribution is 0.0186. The van der Waals surface area contributed by atoms with Crippen molar-refractivity contribution in [1.82, 2.24) is 9.88 Å². The number of rotatable bonds is 10. The molecule has 1 aliphatic heterocycles. The first-order chi connectivity index (χ1) is 22.1. The van der Waals surface area contributed by atoms with Crippen LogP contribution in [0.15, 0.2) is 84.9 Å². The molecule has 1 amide bonds. The van der Waals surface area contributed by atoms with E-state index < -0.39 is 23.3 Å². The molecule has 0 aliphatic carbocycles. The quantitative estimate of drug-likeness (QED) is 0.183. The molecule has 46 heavy (non-hydrogen) atoms. The van der Waals surface area contributed by atoms with Gasteiger partial charge in [-0.05, 0) is 50.1 Å². The highest BCUT2D eigenvalue weighted by molar-refractivity contribution is 5.73. The minimum Gasteiger partial charge on any atom is -0.473 e. The summed E-state index contributed by atoms with van der Waals surface area (Å²) in [5, 5.41) is 0. The first-order valence-corrected chi connectivity index (χ1v) is 15.2. The van der Waals surface area contributed by atoms with Gasteiger partial charge in [0.15, 0.2) is 0 Å². The lowest BCUT2D eigenvalue weighted by atomic mass is 10.0. The molecule has 1 fully saturated rings. The molecule has 1 saturated heterocycles. The third kappa shape index (κ3) is 8.31. The van der Waals surface area contributed by atoms with E-state index in [-0.39, 0.29) is 55.3 Å². The second kappa shape index (κ2) is 14.6. The Morgan fingerprint density at radius 2 is 1.48 bits per heavy atom. The Hall–Kier alpha value is -4.70. The van der Waals surface area contributed by atoms with Gasteiger partial charge in [0.05, 0.1) is 23.8 Å². The maximum absolute atomic E-state index is 16.0. The maximum Gasteiger partial charge on any atom is 0.410 e. The highest BCUT2D eigenvalue weighted by Gasteiger charge is 2.33. The van der Waals surface area contributed by atoms with Crippen molar-refractivity contribution in [3.05, 3.63) is 108 Å². The molecule has 2 heterocycles. The normalized spacial score (nSPS) is 15.0. The minimum atomic E-state index is -0.773. The molecule has 0 saturated carbocycles. The predicted octanol–water partition coefficient (Wildman–Crippen LogP) is 7.26. The lowest BCUT2D eigenvalue weighted by Gasteiger charge is -2.42. The van der Waals surface area contributed by atoms with Gasteiger partial charge in [0.25, 0.3) is 0 Å². The van der Waals surface area contributed by atoms with E-state index in [0.29, 0.717) is 18.8 Å². The van der Waals surface area contributed by atoms with E-state index in [1.54, 1.807) is 44.9 Å². The van der Waals surface area contributed by atoms with Crippen LogP contribution in [0.3, 0.4) is 0 Å². The second-order valence-electron chi connectivity index (χ2n) is 12.1. The van der Waals surface area contributed by atoms with Crippen molar-refractivity contribution in [2.24, 2.45) is 0 Å². The molecule has 1 aromatic heterocycles. The summed E-state index contributed by atoms with van der Waals surface area (Å²) in [6.45, 7) is 7.02. The molecule has 1 atom stereocenters. The zero-order valence-electron chi connectivity index (χ0n) is 26.5. The van der Waals surface area contributed by atoms with Crippen LogP contribution >= 0.6 is 0 Å². The Morgan fingerprint density at radius 1 is 0.870 bits per heavy atom. The van der Waals surface area contributed by atoms with Gasteiger partial charge in [0.2, 0.25) is 11.8 Å². The summed E-state index contributed by atoms with van der Waals surface area (Å²) in [5.41, 5.74) is 1.42. The summed E-state index contributed by atoms with van der Waals surface area (Å²) < 4.78 is 54.8. The molecular weight excluding hydrogens is 592 g/mol. The average Bonchev–Trinajstić information content (AvgIpc) is 3.03. The van der Waals surface area contributed by atoms with Crippen LogP contribution in [-0.2, 0) is 22.7 Å². The van der Waals surface area contributed by atoms with Crippen LogP contribution in [0, 0.1) is 11.6 Å². The number of piperazine rings is 1. The van der Waals surface area contributed by atoms with E-state index in [2.05, 4.69) is 4.98 Å². The number of amides is 1. The van der Waals surface area contributed by atoms with E-state index in [4.69, 9.17) is 18.9 Å². The summed E-state index contributed by atoms with van der Waals surface area (Å²) in [5.74, 6) is -1.24. The van der Waals surface area contributed by atoms with Crippen LogP contribution in [-0.4, -0.2) is 61.0 Å². The molecule has 242 valence electrons. The zero-order chi connectivity index (χ0) is 32.7. The summed E-state index contributed by atoms with van der Waals surface area (Å²) in [7, 11) is 1.55. The van der Waals surface area contributed by atoms with Crippen LogP contribution in [0.2, 0.25) is 0 Å². The molecule has 0 bridgehead atoms. The lowest BCUT2D eigenvalue weighted by Crippen LogP contribution is -2.57. The van der Waals surface area contributed by atoms with Crippen LogP contribution in [0.5, 0.6) is 11.8 Å². The fraction of sp³-hybridized carbons (Fsp3) is 0.333. The van der Waals surface area contributed by atoms with Crippen molar-refractivity contribution in [3.63, 3.8) is 0 Å². The number of aromatic nitrogens is 1. The fourth-order valence-electron chi connectivity index (χ4n) is 5.27. The van der Waals surface area contributed by atoms with Crippen LogP contribution in [0.4, 0.5) is 19.3 Å². The number of ether oxygens (including phenoxy) is 4. The van der Waals surface area contributed by atoms with Gasteiger partial charge in [0, 0.05) is 38.5 Å². The van der Waals surface area contributed by atoms with Gasteiger partial charge < -0.3 is 28.7 Å². The van der Waals surface area contributed by atoms with E-state index in [0.717, 1.165) is 11.1 Å². The maximum atomic E-state index is 16.0. The average molecular weight is 632 g/mol. The van der Waals surface area contributed by atoms with Crippen LogP contribution in [0.1, 0.15) is 31.9 Å². The number of pyridine rings is 1. The summed E-state index contributed by atoms with van der Waals surface area (Å²) in [6.07, 6.45) is -0.437. The van der Waals surface area contributed by atoms with Gasteiger partial charge in [-0.15, -0.1) is 0 Å². The van der Waals surface area contributed by atoms with Crippen molar-refractivity contribution >= 4 is 11.8 Å². The van der Waals surface area contributed by atoms with Crippen LogP contribution in [0.25, 0.3) is 11.1 Å². The van der Waals surface area contributed by atoms with E-state index in [1.807, 2.05) is 65.6 Å². The smallest absolute Gasteiger partial charge is 0.410 e. The van der Waals surface area contributed by atoms with Gasteiger partial charge in [-0.1, -0.05) is 60.7 Å². The number of carbonyl (C=O) groups is 1. The number of carbonyl (C=O) groups excluding carboxylic acids is 1. The third-order valence-corrected chi connectivity index (χ3v) is 7.40. The highest BCUT2D eigenvalue weighted by Crippen LogP contribution is 2.37. The Kier molecular flexibility index (Phi) is 10.4. The minimum absolute atomic E-state index is 0.0446. The van der Waals surface area contributed by atoms with Crippen molar-refractivity contribution in [1.29, 1.82) is 0 Å². The van der Waals surface area contributed by atoms with Crippen molar-refractivity contribution in [2.75, 3.05) is 38.3 Å². The largest absolute Gasteiger partial charge is 0.473 e. The molecular formula is C36H39F2N3O5. The molecule has 10 heteroatoms. The number of anilines is 1. The molecule has 0 unspecified atom stereocenters. The summed E-state index contributed by atoms with van der Waals surface area (Å²) in [6, 6.07) is 24.4. The predicted molar refractivity (Wildman–Crippen MR) is 172 cm³/mol. The number of hydrogen-bond acceptors (Lipinski definition) is 7. The fourth-order valence-corrected chi connectivity index (χ4v) is 5.27. The Labute approximate surface area is 268 Å². The van der Waals surface area contributed by atoms with Crippen molar-refractivity contribution < 1.29 is 32.5 Å². The Bertz CT molecular complexity index is 1590. The summed E-state index contributed by atoms with van der Waals surface area (Å²) >= 11 is 0.